The van der Waals surface area contributed by atoms with E-state index in [2.05, 4.69) is 15.3 Å². The van der Waals surface area contributed by atoms with Crippen molar-refractivity contribution in [2.24, 2.45) is 5.92 Å². The Morgan fingerprint density at radius 2 is 2.29 bits per heavy atom. The van der Waals surface area contributed by atoms with E-state index in [4.69, 9.17) is 4.74 Å². The van der Waals surface area contributed by atoms with Crippen molar-refractivity contribution in [2.75, 3.05) is 0 Å². The van der Waals surface area contributed by atoms with Gasteiger partial charge in [0.1, 0.15) is 12.3 Å². The van der Waals surface area contributed by atoms with Crippen LogP contribution in [0.15, 0.2) is 29.9 Å². The lowest BCUT2D eigenvalue weighted by Crippen LogP contribution is -2.11. The first-order valence-corrected chi connectivity index (χ1v) is 7.43. The lowest BCUT2D eigenvalue weighted by atomic mass is 10.2. The molecule has 2 heterocycles. The molecule has 3 aromatic rings. The number of carbonyl (C=O) groups is 1. The van der Waals surface area contributed by atoms with Crippen molar-refractivity contribution in [1.29, 1.82) is 0 Å². The molecule has 7 heteroatoms. The monoisotopic (exact) mass is 302 g/mol. The summed E-state index contributed by atoms with van der Waals surface area (Å²) in [5.41, 5.74) is 4.23. The van der Waals surface area contributed by atoms with E-state index in [0.717, 1.165) is 15.9 Å². The Morgan fingerprint density at radius 1 is 1.43 bits per heavy atom. The van der Waals surface area contributed by atoms with E-state index in [1.165, 1.54) is 0 Å². The Morgan fingerprint density at radius 3 is 3.10 bits per heavy atom. The van der Waals surface area contributed by atoms with E-state index >= 15 is 0 Å². The van der Waals surface area contributed by atoms with Gasteiger partial charge in [0.25, 0.3) is 0 Å². The third-order valence-corrected chi connectivity index (χ3v) is 3.76. The number of carbonyl (C=O) groups excluding carboxylic acids is 1. The number of rotatable bonds is 4. The van der Waals surface area contributed by atoms with Crippen LogP contribution < -0.4 is 0 Å². The zero-order chi connectivity index (χ0) is 14.8. The Balaban J connectivity index is 1.76. The van der Waals surface area contributed by atoms with Crippen LogP contribution >= 0.6 is 11.3 Å². The van der Waals surface area contributed by atoms with Gasteiger partial charge < -0.3 is 4.74 Å². The smallest absolute Gasteiger partial charge is 0.308 e. The second kappa shape index (κ2) is 5.61. The van der Waals surface area contributed by atoms with Crippen LogP contribution in [0.5, 0.6) is 0 Å². The normalized spacial score (nSPS) is 11.2. The number of benzene rings is 1. The van der Waals surface area contributed by atoms with Gasteiger partial charge in [0.2, 0.25) is 0 Å². The third kappa shape index (κ3) is 2.92. The molecule has 6 nitrogen and oxygen atoms in total. The van der Waals surface area contributed by atoms with Crippen molar-refractivity contribution in [3.63, 3.8) is 0 Å². The van der Waals surface area contributed by atoms with Gasteiger partial charge in [-0.15, -0.1) is 16.4 Å². The molecule has 0 N–H and O–H groups in total. The quantitative estimate of drug-likeness (QED) is 0.693. The first-order valence-electron chi connectivity index (χ1n) is 6.55. The van der Waals surface area contributed by atoms with E-state index < -0.39 is 0 Å². The van der Waals surface area contributed by atoms with Gasteiger partial charge in [0, 0.05) is 0 Å². The van der Waals surface area contributed by atoms with E-state index in [1.54, 1.807) is 36.1 Å². The molecule has 0 saturated heterocycles. The molecule has 108 valence electrons. The van der Waals surface area contributed by atoms with Gasteiger partial charge in [-0.1, -0.05) is 19.1 Å². The molecule has 0 spiro atoms. The van der Waals surface area contributed by atoms with Crippen LogP contribution in [-0.4, -0.2) is 25.9 Å². The summed E-state index contributed by atoms with van der Waals surface area (Å²) in [6.45, 7) is 3.72. The molecular formula is C14H14N4O2S. The van der Waals surface area contributed by atoms with Gasteiger partial charge in [0.05, 0.1) is 33.5 Å². The molecule has 3 rings (SSSR count). The average Bonchev–Trinajstić information content (AvgIpc) is 3.12. The Hall–Kier alpha value is -2.28. The van der Waals surface area contributed by atoms with E-state index in [9.17, 15) is 4.79 Å². The SMILES string of the molecule is CC(C)C(=O)OCc1cn(-c2ccc3scnc3c2)nn1. The molecule has 0 atom stereocenters. The largest absolute Gasteiger partial charge is 0.459 e. The van der Waals surface area contributed by atoms with Crippen LogP contribution in [0.2, 0.25) is 0 Å². The van der Waals surface area contributed by atoms with Crippen LogP contribution in [0, 0.1) is 5.92 Å². The first kappa shape index (κ1) is 13.7. The minimum atomic E-state index is -0.242. The first-order chi connectivity index (χ1) is 10.1. The minimum Gasteiger partial charge on any atom is -0.459 e. The highest BCUT2D eigenvalue weighted by Gasteiger charge is 2.10. The van der Waals surface area contributed by atoms with Gasteiger partial charge in [-0.2, -0.15) is 0 Å². The standard InChI is InChI=1S/C14H14N4O2S/c1-9(2)14(19)20-7-10-6-18(17-16-10)11-3-4-13-12(5-11)15-8-21-13/h3-6,8-9H,7H2,1-2H3. The highest BCUT2D eigenvalue weighted by Crippen LogP contribution is 2.20. The zero-order valence-electron chi connectivity index (χ0n) is 11.7. The number of hydrogen-bond acceptors (Lipinski definition) is 6. The zero-order valence-corrected chi connectivity index (χ0v) is 12.5. The molecule has 0 unspecified atom stereocenters. The van der Waals surface area contributed by atoms with E-state index in [-0.39, 0.29) is 18.5 Å². The highest BCUT2D eigenvalue weighted by molar-refractivity contribution is 7.16. The van der Waals surface area contributed by atoms with Crippen LogP contribution in [-0.2, 0) is 16.1 Å². The molecule has 2 aromatic heterocycles. The summed E-state index contributed by atoms with van der Waals surface area (Å²) in [7, 11) is 0. The predicted molar refractivity (Wildman–Crippen MR) is 79.2 cm³/mol. The topological polar surface area (TPSA) is 69.9 Å². The van der Waals surface area contributed by atoms with Crippen molar-refractivity contribution < 1.29 is 9.53 Å². The minimum absolute atomic E-state index is 0.135. The van der Waals surface area contributed by atoms with E-state index in [0.29, 0.717) is 5.69 Å². The molecule has 0 aliphatic rings. The summed E-state index contributed by atoms with van der Waals surface area (Å²) in [6.07, 6.45) is 1.75. The van der Waals surface area contributed by atoms with Gasteiger partial charge in [0.15, 0.2) is 0 Å². The van der Waals surface area contributed by atoms with Crippen molar-refractivity contribution in [2.45, 2.75) is 20.5 Å². The number of fused-ring (bicyclic) bond motifs is 1. The number of thiazole rings is 1. The van der Waals surface area contributed by atoms with Gasteiger partial charge in [-0.25, -0.2) is 9.67 Å². The van der Waals surface area contributed by atoms with Crippen molar-refractivity contribution in [1.82, 2.24) is 20.0 Å². The third-order valence-electron chi connectivity index (χ3n) is 2.95. The van der Waals surface area contributed by atoms with Crippen LogP contribution in [0.25, 0.3) is 15.9 Å². The molecule has 0 amide bonds. The number of nitrogens with zero attached hydrogens (tertiary/aromatic N) is 4. The summed E-state index contributed by atoms with van der Waals surface area (Å²) in [4.78, 5) is 15.7. The fourth-order valence-corrected chi connectivity index (χ4v) is 2.45. The second-order valence-corrected chi connectivity index (χ2v) is 5.81. The summed E-state index contributed by atoms with van der Waals surface area (Å²) in [5.74, 6) is -0.388. The van der Waals surface area contributed by atoms with E-state index in [1.807, 2.05) is 23.7 Å². The predicted octanol–water partition coefficient (Wildman–Crippen LogP) is 2.58. The molecular weight excluding hydrogens is 288 g/mol. The Kier molecular flexibility index (Phi) is 3.66. The summed E-state index contributed by atoms with van der Waals surface area (Å²) in [6, 6.07) is 5.91. The molecule has 0 fully saturated rings. The maximum Gasteiger partial charge on any atom is 0.308 e. The lowest BCUT2D eigenvalue weighted by Gasteiger charge is -2.04. The maximum atomic E-state index is 11.4. The summed E-state index contributed by atoms with van der Waals surface area (Å²) >= 11 is 1.60. The van der Waals surface area contributed by atoms with Gasteiger partial charge >= 0.3 is 5.97 Å². The number of esters is 1. The summed E-state index contributed by atoms with van der Waals surface area (Å²) < 4.78 is 7.91. The average molecular weight is 302 g/mol. The summed E-state index contributed by atoms with van der Waals surface area (Å²) in [5, 5.41) is 8.06. The van der Waals surface area contributed by atoms with Crippen molar-refractivity contribution >= 4 is 27.5 Å². The Labute approximate surface area is 125 Å². The number of aromatic nitrogens is 4. The molecule has 0 aliphatic carbocycles. The fraction of sp³-hybridized carbons (Fsp3) is 0.286. The lowest BCUT2D eigenvalue weighted by molar-refractivity contribution is -0.148. The molecule has 0 radical (unpaired) electrons. The van der Waals surface area contributed by atoms with Crippen LogP contribution in [0.4, 0.5) is 0 Å². The van der Waals surface area contributed by atoms with Crippen molar-refractivity contribution in [3.8, 4) is 5.69 Å². The second-order valence-electron chi connectivity index (χ2n) is 4.92. The van der Waals surface area contributed by atoms with Crippen molar-refractivity contribution in [3.05, 3.63) is 35.6 Å². The molecule has 0 saturated carbocycles. The van der Waals surface area contributed by atoms with Crippen LogP contribution in [0.1, 0.15) is 19.5 Å². The number of hydrogen-bond donors (Lipinski definition) is 0. The highest BCUT2D eigenvalue weighted by atomic mass is 32.1. The van der Waals surface area contributed by atoms with Gasteiger partial charge in [-0.3, -0.25) is 4.79 Å². The Bertz CT molecular complexity index is 778. The molecule has 21 heavy (non-hydrogen) atoms. The number of ether oxygens (including phenoxy) is 1. The van der Waals surface area contributed by atoms with Gasteiger partial charge in [-0.05, 0) is 18.2 Å². The van der Waals surface area contributed by atoms with Crippen LogP contribution in [0.3, 0.4) is 0 Å². The maximum absolute atomic E-state index is 11.4. The molecule has 0 bridgehead atoms. The molecule has 0 aliphatic heterocycles. The molecule has 1 aromatic carbocycles. The fourth-order valence-electron chi connectivity index (χ4n) is 1.79.